The molecule has 0 aliphatic carbocycles. The Morgan fingerprint density at radius 2 is 2.12 bits per heavy atom. The van der Waals surface area contributed by atoms with E-state index in [1.165, 1.54) is 11.3 Å². The minimum absolute atomic E-state index is 0.0398. The Bertz CT molecular complexity index is 495. The average molecular weight is 249 g/mol. The molecule has 4 nitrogen and oxygen atoms in total. The minimum atomic E-state index is -0.870. The van der Waals surface area contributed by atoms with Crippen LogP contribution < -0.4 is 4.74 Å². The van der Waals surface area contributed by atoms with Gasteiger partial charge in [0.2, 0.25) is 0 Å². The molecule has 88 valence electrons. The van der Waals surface area contributed by atoms with Crippen molar-refractivity contribution in [2.45, 2.75) is 13.0 Å². The second kappa shape index (κ2) is 5.45. The summed E-state index contributed by atoms with van der Waals surface area (Å²) < 4.78 is 5.51. The van der Waals surface area contributed by atoms with Crippen LogP contribution in [0.5, 0.6) is 5.75 Å². The maximum Gasteiger partial charge on any atom is 0.309 e. The van der Waals surface area contributed by atoms with Gasteiger partial charge in [0.15, 0.2) is 0 Å². The number of carbonyl (C=O) groups is 1. The highest BCUT2D eigenvalue weighted by molar-refractivity contribution is 7.09. The van der Waals surface area contributed by atoms with Crippen LogP contribution in [-0.2, 0) is 17.8 Å². The van der Waals surface area contributed by atoms with E-state index in [0.717, 1.165) is 10.8 Å². The third kappa shape index (κ3) is 3.57. The summed E-state index contributed by atoms with van der Waals surface area (Å²) in [5, 5.41) is 11.1. The molecule has 1 aromatic heterocycles. The molecule has 0 saturated carbocycles. The number of ether oxygens (including phenoxy) is 1. The molecule has 1 heterocycles. The normalized spacial score (nSPS) is 10.1. The Balaban J connectivity index is 1.91. The second-order valence-corrected chi connectivity index (χ2v) is 4.35. The Morgan fingerprint density at radius 1 is 1.35 bits per heavy atom. The van der Waals surface area contributed by atoms with Gasteiger partial charge in [-0.3, -0.25) is 4.79 Å². The van der Waals surface area contributed by atoms with Crippen molar-refractivity contribution < 1.29 is 14.6 Å². The van der Waals surface area contributed by atoms with Crippen molar-refractivity contribution in [2.75, 3.05) is 0 Å². The number of aliphatic carboxylic acids is 1. The average Bonchev–Trinajstić information content (AvgIpc) is 2.75. The quantitative estimate of drug-likeness (QED) is 0.883. The van der Waals surface area contributed by atoms with Crippen molar-refractivity contribution in [2.24, 2.45) is 0 Å². The monoisotopic (exact) mass is 249 g/mol. The Hall–Kier alpha value is -1.88. The van der Waals surface area contributed by atoms with E-state index in [4.69, 9.17) is 9.84 Å². The van der Waals surface area contributed by atoms with Crippen LogP contribution >= 0.6 is 11.3 Å². The Morgan fingerprint density at radius 3 is 2.82 bits per heavy atom. The number of carboxylic acid groups (broad SMARTS) is 1. The fourth-order valence-corrected chi connectivity index (χ4v) is 2.02. The van der Waals surface area contributed by atoms with E-state index in [1.54, 1.807) is 5.38 Å². The van der Waals surface area contributed by atoms with E-state index in [0.29, 0.717) is 12.3 Å². The fourth-order valence-electron chi connectivity index (χ4n) is 1.31. The molecular weight excluding hydrogens is 238 g/mol. The molecule has 0 aliphatic heterocycles. The summed E-state index contributed by atoms with van der Waals surface area (Å²) in [7, 11) is 0. The first kappa shape index (κ1) is 11.6. The molecule has 0 aliphatic rings. The van der Waals surface area contributed by atoms with Crippen LogP contribution in [0.1, 0.15) is 10.7 Å². The van der Waals surface area contributed by atoms with Gasteiger partial charge in [0, 0.05) is 5.38 Å². The molecule has 0 bridgehead atoms. The van der Waals surface area contributed by atoms with E-state index in [-0.39, 0.29) is 6.42 Å². The van der Waals surface area contributed by atoms with Crippen LogP contribution in [0.3, 0.4) is 0 Å². The lowest BCUT2D eigenvalue weighted by Crippen LogP contribution is -2.01. The van der Waals surface area contributed by atoms with Crippen molar-refractivity contribution in [3.63, 3.8) is 0 Å². The molecule has 0 spiro atoms. The number of thiazole rings is 1. The first-order chi connectivity index (χ1) is 8.24. The van der Waals surface area contributed by atoms with Crippen LogP contribution in [0.4, 0.5) is 0 Å². The van der Waals surface area contributed by atoms with E-state index in [1.807, 2.05) is 30.3 Å². The molecule has 5 heteroatoms. The summed E-state index contributed by atoms with van der Waals surface area (Å²) in [6.45, 7) is 0.369. The summed E-state index contributed by atoms with van der Waals surface area (Å²) >= 11 is 1.41. The molecule has 0 amide bonds. The Kier molecular flexibility index (Phi) is 3.72. The van der Waals surface area contributed by atoms with Gasteiger partial charge in [0.1, 0.15) is 17.4 Å². The third-order valence-corrected chi connectivity index (χ3v) is 2.91. The van der Waals surface area contributed by atoms with Gasteiger partial charge in [0.05, 0.1) is 12.1 Å². The number of nitrogens with zero attached hydrogens (tertiary/aromatic N) is 1. The van der Waals surface area contributed by atoms with Gasteiger partial charge in [-0.05, 0) is 12.1 Å². The number of aromatic nitrogens is 1. The van der Waals surface area contributed by atoms with Crippen molar-refractivity contribution in [1.29, 1.82) is 0 Å². The topological polar surface area (TPSA) is 59.4 Å². The zero-order chi connectivity index (χ0) is 12.1. The zero-order valence-electron chi connectivity index (χ0n) is 9.00. The van der Waals surface area contributed by atoms with Crippen LogP contribution in [0.25, 0.3) is 0 Å². The van der Waals surface area contributed by atoms with Crippen molar-refractivity contribution in [3.05, 3.63) is 46.4 Å². The van der Waals surface area contributed by atoms with Crippen molar-refractivity contribution >= 4 is 17.3 Å². The molecular formula is C12H11NO3S. The second-order valence-electron chi connectivity index (χ2n) is 3.40. The summed E-state index contributed by atoms with van der Waals surface area (Å²) in [5.41, 5.74) is 0.578. The molecule has 0 fully saturated rings. The van der Waals surface area contributed by atoms with Gasteiger partial charge >= 0.3 is 5.97 Å². The smallest absolute Gasteiger partial charge is 0.309 e. The molecule has 0 unspecified atom stereocenters. The number of hydrogen-bond donors (Lipinski definition) is 1. The van der Waals surface area contributed by atoms with Gasteiger partial charge in [0.25, 0.3) is 0 Å². The highest BCUT2D eigenvalue weighted by Gasteiger charge is 2.06. The van der Waals surface area contributed by atoms with Crippen LogP contribution in [0.15, 0.2) is 35.7 Å². The van der Waals surface area contributed by atoms with Crippen LogP contribution in [-0.4, -0.2) is 16.1 Å². The molecule has 2 rings (SSSR count). The predicted molar refractivity (Wildman–Crippen MR) is 64.2 cm³/mol. The van der Waals surface area contributed by atoms with E-state index >= 15 is 0 Å². The summed E-state index contributed by atoms with van der Waals surface area (Å²) in [6, 6.07) is 9.44. The van der Waals surface area contributed by atoms with Crippen molar-refractivity contribution in [1.82, 2.24) is 4.98 Å². The number of para-hydroxylation sites is 1. The number of hydrogen-bond acceptors (Lipinski definition) is 4. The molecule has 1 N–H and O–H groups in total. The maximum atomic E-state index is 10.5. The SMILES string of the molecule is O=C(O)Cc1csc(COc2ccccc2)n1. The fraction of sp³-hybridized carbons (Fsp3) is 0.167. The first-order valence-corrected chi connectivity index (χ1v) is 5.95. The van der Waals surface area contributed by atoms with Gasteiger partial charge in [-0.2, -0.15) is 0 Å². The predicted octanol–water partition coefficient (Wildman–Crippen LogP) is 2.35. The summed E-state index contributed by atoms with van der Waals surface area (Å²) in [5.74, 6) is -0.0895. The van der Waals surface area contributed by atoms with Gasteiger partial charge in [-0.25, -0.2) is 4.98 Å². The summed E-state index contributed by atoms with van der Waals surface area (Å²) in [4.78, 5) is 14.7. The molecule has 17 heavy (non-hydrogen) atoms. The maximum absolute atomic E-state index is 10.5. The Labute approximate surface area is 103 Å². The molecule has 2 aromatic rings. The van der Waals surface area contributed by atoms with Crippen LogP contribution in [0.2, 0.25) is 0 Å². The number of rotatable bonds is 5. The van der Waals surface area contributed by atoms with Gasteiger partial charge in [-0.1, -0.05) is 18.2 Å². The molecule has 0 saturated heterocycles. The minimum Gasteiger partial charge on any atom is -0.486 e. The molecule has 0 atom stereocenters. The largest absolute Gasteiger partial charge is 0.486 e. The number of carboxylic acids is 1. The molecule has 0 radical (unpaired) electrons. The van der Waals surface area contributed by atoms with E-state index in [2.05, 4.69) is 4.98 Å². The highest BCUT2D eigenvalue weighted by Crippen LogP contribution is 2.15. The lowest BCUT2D eigenvalue weighted by molar-refractivity contribution is -0.136. The van der Waals surface area contributed by atoms with Crippen LogP contribution in [0, 0.1) is 0 Å². The van der Waals surface area contributed by atoms with Gasteiger partial charge in [-0.15, -0.1) is 11.3 Å². The first-order valence-electron chi connectivity index (χ1n) is 5.07. The van der Waals surface area contributed by atoms with E-state index in [9.17, 15) is 4.79 Å². The lowest BCUT2D eigenvalue weighted by atomic mass is 10.3. The lowest BCUT2D eigenvalue weighted by Gasteiger charge is -2.02. The summed E-state index contributed by atoms with van der Waals surface area (Å²) in [6.07, 6.45) is -0.0398. The standard InChI is InChI=1S/C12H11NO3S/c14-12(15)6-9-8-17-11(13-9)7-16-10-4-2-1-3-5-10/h1-5,8H,6-7H2,(H,14,15). The third-order valence-electron chi connectivity index (χ3n) is 2.04. The number of benzene rings is 1. The highest BCUT2D eigenvalue weighted by atomic mass is 32.1. The van der Waals surface area contributed by atoms with E-state index < -0.39 is 5.97 Å². The zero-order valence-corrected chi connectivity index (χ0v) is 9.81. The van der Waals surface area contributed by atoms with Crippen molar-refractivity contribution in [3.8, 4) is 5.75 Å². The molecule has 1 aromatic carbocycles. The van der Waals surface area contributed by atoms with Gasteiger partial charge < -0.3 is 9.84 Å².